The van der Waals surface area contributed by atoms with Gasteiger partial charge < -0.3 is 9.73 Å². The van der Waals surface area contributed by atoms with Crippen molar-refractivity contribution in [1.82, 2.24) is 25.5 Å². The molecule has 4 aromatic rings. The van der Waals surface area contributed by atoms with Gasteiger partial charge in [0.15, 0.2) is 9.84 Å². The van der Waals surface area contributed by atoms with Crippen LogP contribution in [0.4, 0.5) is 0 Å². The summed E-state index contributed by atoms with van der Waals surface area (Å²) in [7, 11) is -3.33. The lowest BCUT2D eigenvalue weighted by atomic mass is 10.1. The van der Waals surface area contributed by atoms with Gasteiger partial charge in [-0.15, -0.1) is 21.5 Å². The van der Waals surface area contributed by atoms with Crippen molar-refractivity contribution in [2.24, 2.45) is 0 Å². The summed E-state index contributed by atoms with van der Waals surface area (Å²) in [6, 6.07) is 10.7. The molecule has 176 valence electrons. The van der Waals surface area contributed by atoms with E-state index in [1.54, 1.807) is 55.6 Å². The van der Waals surface area contributed by atoms with Crippen molar-refractivity contribution in [3.8, 4) is 33.6 Å². The van der Waals surface area contributed by atoms with E-state index in [2.05, 4.69) is 32.4 Å². The molecule has 0 atom stereocenters. The molecule has 4 rings (SSSR count). The monoisotopic (exact) mass is 487 g/mol. The van der Waals surface area contributed by atoms with Crippen LogP contribution < -0.4 is 5.32 Å². The van der Waals surface area contributed by atoms with E-state index in [1.165, 1.54) is 4.88 Å². The Balaban J connectivity index is 0.00000216. The molecule has 0 saturated heterocycles. The van der Waals surface area contributed by atoms with Crippen molar-refractivity contribution in [2.45, 2.75) is 44.4 Å². The molecule has 0 fully saturated rings. The summed E-state index contributed by atoms with van der Waals surface area (Å²) in [5.41, 5.74) is 2.49. The smallest absolute Gasteiger partial charge is 0.268 e. The van der Waals surface area contributed by atoms with Gasteiger partial charge >= 0.3 is 0 Å². The minimum atomic E-state index is -3.33. The summed E-state index contributed by atoms with van der Waals surface area (Å²) in [6.07, 6.45) is 1.65. The second-order valence-corrected chi connectivity index (χ2v) is 11.4. The molecule has 33 heavy (non-hydrogen) atoms. The number of thiophene rings is 1. The zero-order valence-corrected chi connectivity index (χ0v) is 20.5. The molecule has 3 aromatic heterocycles. The van der Waals surface area contributed by atoms with Crippen molar-refractivity contribution in [3.05, 3.63) is 53.2 Å². The number of hydrogen-bond donors (Lipinski definition) is 1. The van der Waals surface area contributed by atoms with E-state index in [-0.39, 0.29) is 13.6 Å². The first kappa shape index (κ1) is 23.2. The molecule has 0 unspecified atom stereocenters. The number of aromatic nitrogens is 4. The quantitative estimate of drug-likeness (QED) is 0.369. The lowest BCUT2D eigenvalue weighted by Gasteiger charge is -2.09. The number of aryl methyl sites for hydroxylation is 1. The summed E-state index contributed by atoms with van der Waals surface area (Å²) >= 11 is 1.60. The van der Waals surface area contributed by atoms with Crippen LogP contribution in [0, 0.1) is 6.92 Å². The van der Waals surface area contributed by atoms with Crippen molar-refractivity contribution >= 4 is 21.2 Å². The second kappa shape index (κ2) is 9.50. The average Bonchev–Trinajstić information content (AvgIpc) is 3.48. The van der Waals surface area contributed by atoms with Crippen LogP contribution in [0.2, 0.25) is 0 Å². The van der Waals surface area contributed by atoms with Crippen LogP contribution in [0.15, 0.2) is 51.9 Å². The van der Waals surface area contributed by atoms with Gasteiger partial charge in [-0.2, -0.15) is 0 Å². The minimum absolute atomic E-state index is 0. The molecule has 0 saturated carbocycles. The maximum Gasteiger partial charge on any atom is 0.268 e. The van der Waals surface area contributed by atoms with Crippen molar-refractivity contribution in [1.29, 1.82) is 0 Å². The Bertz CT molecular complexity index is 1370. The fourth-order valence-electron chi connectivity index (χ4n) is 3.13. The first-order chi connectivity index (χ1) is 15.8. The van der Waals surface area contributed by atoms with Gasteiger partial charge in [0.1, 0.15) is 5.69 Å². The summed E-state index contributed by atoms with van der Waals surface area (Å²) in [6.45, 7) is 8.93. The van der Waals surface area contributed by atoms with E-state index in [4.69, 9.17) is 4.42 Å². The summed E-state index contributed by atoms with van der Waals surface area (Å²) in [4.78, 5) is 11.5. The van der Waals surface area contributed by atoms with E-state index >= 15 is 0 Å². The van der Waals surface area contributed by atoms with E-state index in [0.717, 1.165) is 23.5 Å². The molecule has 0 bridgehead atoms. The van der Waals surface area contributed by atoms with Crippen LogP contribution in [-0.2, 0) is 16.4 Å². The van der Waals surface area contributed by atoms with Crippen LogP contribution in [0.3, 0.4) is 0 Å². The molecule has 0 aliphatic rings. The Kier molecular flexibility index (Phi) is 6.68. The maximum absolute atomic E-state index is 12.4. The predicted octanol–water partition coefficient (Wildman–Crippen LogP) is 5.01. The highest BCUT2D eigenvalue weighted by molar-refractivity contribution is 7.92. The van der Waals surface area contributed by atoms with Crippen LogP contribution in [0.5, 0.6) is 0 Å². The normalized spacial score (nSPS) is 11.9. The molecular weight excluding hydrogens is 458 g/mol. The van der Waals surface area contributed by atoms with Crippen LogP contribution in [-0.4, -0.2) is 40.4 Å². The SMILES string of the molecule is CCNCc1ccc(-c2nnc(-c3nc(-c4ccc(S(=O)(=O)C(C)C)cc4)cnc3C)o2)s1.[HH].[HH]. The molecular formula is C23H29N5O3S2. The number of benzene rings is 1. The summed E-state index contributed by atoms with van der Waals surface area (Å²) in [5.74, 6) is 0.727. The molecule has 0 aliphatic carbocycles. The first-order valence-electron chi connectivity index (χ1n) is 10.6. The Labute approximate surface area is 200 Å². The third kappa shape index (κ3) is 4.87. The Morgan fingerprint density at radius 1 is 1.09 bits per heavy atom. The number of nitrogens with one attached hydrogen (secondary N) is 1. The van der Waals surface area contributed by atoms with Crippen LogP contribution in [0.1, 0.15) is 34.2 Å². The highest BCUT2D eigenvalue weighted by Crippen LogP contribution is 2.31. The molecule has 0 spiro atoms. The minimum Gasteiger partial charge on any atom is -0.414 e. The average molecular weight is 488 g/mol. The molecule has 10 heteroatoms. The largest absolute Gasteiger partial charge is 0.414 e. The zero-order chi connectivity index (χ0) is 23.6. The van der Waals surface area contributed by atoms with Crippen LogP contribution >= 0.6 is 11.3 Å². The van der Waals surface area contributed by atoms with Crippen LogP contribution in [0.25, 0.3) is 33.6 Å². The Morgan fingerprint density at radius 2 is 1.82 bits per heavy atom. The van der Waals surface area contributed by atoms with Gasteiger partial charge in [0, 0.05) is 19.8 Å². The number of sulfone groups is 1. The molecule has 0 amide bonds. The number of hydrogen-bond acceptors (Lipinski definition) is 9. The van der Waals surface area contributed by atoms with E-state index in [9.17, 15) is 8.42 Å². The van der Waals surface area contributed by atoms with Gasteiger partial charge in [-0.1, -0.05) is 19.1 Å². The highest BCUT2D eigenvalue weighted by atomic mass is 32.2. The van der Waals surface area contributed by atoms with Gasteiger partial charge in [0.05, 0.1) is 32.6 Å². The lowest BCUT2D eigenvalue weighted by Crippen LogP contribution is -2.13. The van der Waals surface area contributed by atoms with E-state index in [1.807, 2.05) is 19.1 Å². The third-order valence-corrected chi connectivity index (χ3v) is 8.35. The Hall–Kier alpha value is -2.95. The lowest BCUT2D eigenvalue weighted by molar-refractivity contribution is 0.582. The molecule has 8 nitrogen and oxygen atoms in total. The van der Waals surface area contributed by atoms with E-state index in [0.29, 0.717) is 23.0 Å². The molecule has 0 radical (unpaired) electrons. The fraction of sp³-hybridized carbons (Fsp3) is 0.304. The van der Waals surface area contributed by atoms with Crippen molar-refractivity contribution in [2.75, 3.05) is 6.54 Å². The molecule has 0 aliphatic heterocycles. The number of nitrogens with zero attached hydrogens (tertiary/aromatic N) is 4. The fourth-order valence-corrected chi connectivity index (χ4v) is 5.09. The van der Waals surface area contributed by atoms with Crippen molar-refractivity contribution < 1.29 is 15.7 Å². The maximum atomic E-state index is 12.4. The second-order valence-electron chi connectivity index (χ2n) is 7.77. The summed E-state index contributed by atoms with van der Waals surface area (Å²) < 4.78 is 30.7. The predicted molar refractivity (Wildman–Crippen MR) is 133 cm³/mol. The number of rotatable bonds is 8. The summed E-state index contributed by atoms with van der Waals surface area (Å²) in [5, 5.41) is 11.2. The topological polar surface area (TPSA) is 111 Å². The van der Waals surface area contributed by atoms with E-state index < -0.39 is 15.1 Å². The molecule has 3 heterocycles. The standard InChI is InChI=1S/C23H25N5O3S2.2H2/c1-5-24-12-17-8-11-20(32-17)22-27-28-23(31-22)21-15(4)25-13-19(26-21)16-6-9-18(10-7-16)33(29,30)14(2)3;;/h6-11,13-14,24H,5,12H2,1-4H3;2*1H. The van der Waals surface area contributed by atoms with Gasteiger partial charge in [-0.05, 0) is 51.6 Å². The van der Waals surface area contributed by atoms with Gasteiger partial charge in [-0.25, -0.2) is 13.4 Å². The highest BCUT2D eigenvalue weighted by Gasteiger charge is 2.20. The molecule has 1 aromatic carbocycles. The third-order valence-electron chi connectivity index (χ3n) is 5.10. The van der Waals surface area contributed by atoms with Crippen molar-refractivity contribution in [3.63, 3.8) is 0 Å². The van der Waals surface area contributed by atoms with Gasteiger partial charge in [0.25, 0.3) is 11.8 Å². The molecule has 1 N–H and O–H groups in total. The first-order valence-corrected chi connectivity index (χ1v) is 13.0. The van der Waals surface area contributed by atoms with Gasteiger partial charge in [0.2, 0.25) is 0 Å². The zero-order valence-electron chi connectivity index (χ0n) is 18.9. The van der Waals surface area contributed by atoms with Gasteiger partial charge in [-0.3, -0.25) is 4.98 Å². The Morgan fingerprint density at radius 3 is 2.52 bits per heavy atom.